The lowest BCUT2D eigenvalue weighted by molar-refractivity contribution is 0.198. The van der Waals surface area contributed by atoms with Crippen LogP contribution in [0.25, 0.3) is 16.7 Å². The van der Waals surface area contributed by atoms with E-state index < -0.39 is 0 Å². The molecule has 1 saturated heterocycles. The molecule has 1 aliphatic carbocycles. The number of nitrogens with zero attached hydrogens (tertiary/aromatic N) is 3. The summed E-state index contributed by atoms with van der Waals surface area (Å²) in [6, 6.07) is 15.4. The third-order valence-electron chi connectivity index (χ3n) is 7.37. The van der Waals surface area contributed by atoms with Gasteiger partial charge in [0, 0.05) is 35.9 Å². The predicted molar refractivity (Wildman–Crippen MR) is 153 cm³/mol. The zero-order chi connectivity index (χ0) is 26.0. The number of alkyl halides is 1. The standard InChI is InChI=1S/C31H37BrFN3O/c1-31(2,3)36-20-25(19-34-36)23-10-13-28-24(18-23)6-4-7-29(32)30(28)22-8-11-26(12-9-22)37-27-14-17-35(21-27)16-5-15-33/h8-13,18-20,27H,4-7,14-17,21H2,1-3H3/t27-/m0/s1. The van der Waals surface area contributed by atoms with E-state index >= 15 is 0 Å². The molecule has 2 aromatic carbocycles. The highest BCUT2D eigenvalue weighted by Gasteiger charge is 2.24. The molecule has 37 heavy (non-hydrogen) atoms. The summed E-state index contributed by atoms with van der Waals surface area (Å²) in [5.74, 6) is 0.901. The Bertz CT molecular complexity index is 1260. The van der Waals surface area contributed by atoms with Gasteiger partial charge in [0.2, 0.25) is 0 Å². The lowest BCUT2D eigenvalue weighted by atomic mass is 9.91. The molecule has 1 fully saturated rings. The lowest BCUT2D eigenvalue weighted by Crippen LogP contribution is -2.26. The van der Waals surface area contributed by atoms with Crippen molar-refractivity contribution in [2.45, 2.75) is 64.5 Å². The van der Waals surface area contributed by atoms with Gasteiger partial charge in [0.1, 0.15) is 11.9 Å². The van der Waals surface area contributed by atoms with Crippen molar-refractivity contribution >= 4 is 21.5 Å². The minimum atomic E-state index is -0.249. The SMILES string of the molecule is CC(C)(C)n1cc(-c2ccc3c(c2)CCCC(Br)=C3c2ccc(O[C@H]3CCN(CCCF)C3)cc2)cn1. The van der Waals surface area contributed by atoms with Crippen molar-refractivity contribution in [1.82, 2.24) is 14.7 Å². The van der Waals surface area contributed by atoms with E-state index in [1.165, 1.54) is 32.3 Å². The van der Waals surface area contributed by atoms with Gasteiger partial charge in [-0.3, -0.25) is 14.0 Å². The molecular weight excluding hydrogens is 529 g/mol. The zero-order valence-corrected chi connectivity index (χ0v) is 23.7. The molecule has 1 atom stereocenters. The molecule has 0 N–H and O–H groups in total. The van der Waals surface area contributed by atoms with Crippen molar-refractivity contribution < 1.29 is 9.13 Å². The number of hydrogen-bond donors (Lipinski definition) is 0. The topological polar surface area (TPSA) is 30.3 Å². The largest absolute Gasteiger partial charge is 0.489 e. The smallest absolute Gasteiger partial charge is 0.119 e. The summed E-state index contributed by atoms with van der Waals surface area (Å²) in [5.41, 5.74) is 7.48. The third-order valence-corrected chi connectivity index (χ3v) is 8.17. The number of halogens is 2. The van der Waals surface area contributed by atoms with Crippen LogP contribution in [0.3, 0.4) is 0 Å². The number of benzene rings is 2. The summed E-state index contributed by atoms with van der Waals surface area (Å²) in [6.07, 6.45) is 9.09. The van der Waals surface area contributed by atoms with Gasteiger partial charge in [-0.1, -0.05) is 46.3 Å². The average Bonchev–Trinajstić information content (AvgIpc) is 3.51. The second kappa shape index (κ2) is 11.1. The third kappa shape index (κ3) is 6.01. The average molecular weight is 567 g/mol. The zero-order valence-electron chi connectivity index (χ0n) is 22.1. The highest BCUT2D eigenvalue weighted by molar-refractivity contribution is 9.11. The second-order valence-electron chi connectivity index (χ2n) is 11.2. The lowest BCUT2D eigenvalue weighted by Gasteiger charge is -2.18. The van der Waals surface area contributed by atoms with E-state index in [0.717, 1.165) is 56.6 Å². The molecule has 4 nitrogen and oxygen atoms in total. The van der Waals surface area contributed by atoms with Crippen molar-refractivity contribution in [1.29, 1.82) is 0 Å². The van der Waals surface area contributed by atoms with E-state index in [0.29, 0.717) is 6.42 Å². The molecule has 6 heteroatoms. The monoisotopic (exact) mass is 565 g/mol. The van der Waals surface area contributed by atoms with Gasteiger partial charge in [0.25, 0.3) is 0 Å². The molecule has 1 aromatic heterocycles. The summed E-state index contributed by atoms with van der Waals surface area (Å²) in [5, 5.41) is 4.60. The van der Waals surface area contributed by atoms with Gasteiger partial charge in [-0.2, -0.15) is 5.10 Å². The van der Waals surface area contributed by atoms with Crippen LogP contribution >= 0.6 is 15.9 Å². The van der Waals surface area contributed by atoms with E-state index in [1.807, 2.05) is 10.9 Å². The van der Waals surface area contributed by atoms with Crippen LogP contribution in [-0.4, -0.2) is 47.1 Å². The Kier molecular flexibility index (Phi) is 7.87. The fourth-order valence-electron chi connectivity index (χ4n) is 5.35. The minimum Gasteiger partial charge on any atom is -0.489 e. The molecule has 5 rings (SSSR count). The van der Waals surface area contributed by atoms with Gasteiger partial charge in [0.05, 0.1) is 18.4 Å². The van der Waals surface area contributed by atoms with E-state index in [4.69, 9.17) is 4.74 Å². The van der Waals surface area contributed by atoms with Gasteiger partial charge >= 0.3 is 0 Å². The van der Waals surface area contributed by atoms with Gasteiger partial charge in [-0.05, 0) is 92.8 Å². The highest BCUT2D eigenvalue weighted by atomic mass is 79.9. The van der Waals surface area contributed by atoms with Crippen molar-refractivity contribution in [2.24, 2.45) is 0 Å². The van der Waals surface area contributed by atoms with E-state index in [9.17, 15) is 4.39 Å². The normalized spacial score (nSPS) is 18.7. The molecule has 2 aliphatic rings. The molecule has 0 spiro atoms. The number of aryl methyl sites for hydroxylation is 1. The minimum absolute atomic E-state index is 0.0347. The number of hydrogen-bond acceptors (Lipinski definition) is 3. The van der Waals surface area contributed by atoms with Crippen LogP contribution in [0.2, 0.25) is 0 Å². The van der Waals surface area contributed by atoms with Crippen LogP contribution in [0.5, 0.6) is 5.75 Å². The van der Waals surface area contributed by atoms with E-state index in [1.54, 1.807) is 0 Å². The van der Waals surface area contributed by atoms with Crippen LogP contribution in [0.15, 0.2) is 59.3 Å². The maximum atomic E-state index is 12.5. The fourth-order valence-corrected chi connectivity index (χ4v) is 6.08. The molecule has 196 valence electrons. The van der Waals surface area contributed by atoms with Gasteiger partial charge < -0.3 is 4.74 Å². The van der Waals surface area contributed by atoms with Gasteiger partial charge in [0.15, 0.2) is 0 Å². The van der Waals surface area contributed by atoms with Crippen molar-refractivity contribution in [3.05, 3.63) is 76.0 Å². The Morgan fingerprint density at radius 2 is 1.84 bits per heavy atom. The Balaban J connectivity index is 1.35. The summed E-state index contributed by atoms with van der Waals surface area (Å²) < 4.78 is 22.1. The Labute approximate surface area is 228 Å². The number of allylic oxidation sites excluding steroid dienone is 1. The molecule has 3 aromatic rings. The number of aromatic nitrogens is 2. The molecule has 0 radical (unpaired) electrons. The Morgan fingerprint density at radius 1 is 1.05 bits per heavy atom. The maximum absolute atomic E-state index is 12.5. The molecule has 2 heterocycles. The number of ether oxygens (including phenoxy) is 1. The van der Waals surface area contributed by atoms with Crippen LogP contribution in [0.1, 0.15) is 63.1 Å². The van der Waals surface area contributed by atoms with Gasteiger partial charge in [-0.25, -0.2) is 0 Å². The number of rotatable bonds is 7. The summed E-state index contributed by atoms with van der Waals surface area (Å²) >= 11 is 3.92. The molecule has 0 amide bonds. The first-order chi connectivity index (χ1) is 17.8. The molecular formula is C31H37BrFN3O. The van der Waals surface area contributed by atoms with E-state index in [2.05, 4.69) is 95.4 Å². The van der Waals surface area contributed by atoms with Crippen LogP contribution in [-0.2, 0) is 12.0 Å². The number of fused-ring (bicyclic) bond motifs is 1. The van der Waals surface area contributed by atoms with Crippen LogP contribution < -0.4 is 4.74 Å². The van der Waals surface area contributed by atoms with Crippen molar-refractivity contribution in [2.75, 3.05) is 26.3 Å². The second-order valence-corrected chi connectivity index (χ2v) is 12.2. The summed E-state index contributed by atoms with van der Waals surface area (Å²) in [6.45, 7) is 8.94. The highest BCUT2D eigenvalue weighted by Crippen LogP contribution is 2.39. The Hall–Kier alpha value is -2.44. The summed E-state index contributed by atoms with van der Waals surface area (Å²) in [4.78, 5) is 2.30. The molecule has 1 aliphatic heterocycles. The Morgan fingerprint density at radius 3 is 2.57 bits per heavy atom. The quantitative estimate of drug-likeness (QED) is 0.295. The molecule has 0 unspecified atom stereocenters. The first kappa shape index (κ1) is 26.2. The first-order valence-electron chi connectivity index (χ1n) is 13.4. The fraction of sp³-hybridized carbons (Fsp3) is 0.452. The molecule has 0 saturated carbocycles. The van der Waals surface area contributed by atoms with Gasteiger partial charge in [-0.15, -0.1) is 0 Å². The van der Waals surface area contributed by atoms with Crippen LogP contribution in [0.4, 0.5) is 4.39 Å². The van der Waals surface area contributed by atoms with Crippen molar-refractivity contribution in [3.8, 4) is 16.9 Å². The van der Waals surface area contributed by atoms with Crippen LogP contribution in [0, 0.1) is 0 Å². The van der Waals surface area contributed by atoms with Crippen molar-refractivity contribution in [3.63, 3.8) is 0 Å². The molecule has 0 bridgehead atoms. The summed E-state index contributed by atoms with van der Waals surface area (Å²) in [7, 11) is 0. The number of likely N-dealkylation sites (tertiary alicyclic amines) is 1. The predicted octanol–water partition coefficient (Wildman–Crippen LogP) is 7.61. The van der Waals surface area contributed by atoms with E-state index in [-0.39, 0.29) is 18.3 Å². The first-order valence-corrected chi connectivity index (χ1v) is 14.2. The maximum Gasteiger partial charge on any atom is 0.119 e.